The molecule has 1 unspecified atom stereocenters. The summed E-state index contributed by atoms with van der Waals surface area (Å²) in [5.41, 5.74) is 1.09. The molecule has 0 radical (unpaired) electrons. The molecule has 1 rings (SSSR count). The van der Waals surface area contributed by atoms with Gasteiger partial charge in [-0.25, -0.2) is 4.79 Å². The molecule has 112 valence electrons. The first-order valence-corrected chi connectivity index (χ1v) is 7.15. The lowest BCUT2D eigenvalue weighted by Gasteiger charge is -2.29. The number of aliphatic hydroxyl groups excluding tert-OH is 1. The van der Waals surface area contributed by atoms with Gasteiger partial charge in [0.2, 0.25) is 0 Å². The number of anilines is 1. The van der Waals surface area contributed by atoms with Gasteiger partial charge in [-0.3, -0.25) is 0 Å². The van der Waals surface area contributed by atoms with E-state index in [0.29, 0.717) is 13.0 Å². The number of hydrogen-bond donors (Lipinski definition) is 3. The van der Waals surface area contributed by atoms with Crippen LogP contribution in [-0.4, -0.2) is 37.0 Å². The summed E-state index contributed by atoms with van der Waals surface area (Å²) in [4.78, 5) is 12.1. The Balaban J connectivity index is 2.73. The summed E-state index contributed by atoms with van der Waals surface area (Å²) in [6, 6.07) is 5.28. The Kier molecular flexibility index (Phi) is 6.45. The number of methoxy groups -OCH3 is 1. The summed E-state index contributed by atoms with van der Waals surface area (Å²) in [5, 5.41) is 14.7. The van der Waals surface area contributed by atoms with Crippen molar-refractivity contribution in [3.63, 3.8) is 0 Å². The first kappa shape index (κ1) is 16.9. The first-order valence-electron chi connectivity index (χ1n) is 6.36. The topological polar surface area (TPSA) is 70.6 Å². The van der Waals surface area contributed by atoms with Gasteiger partial charge in [0.1, 0.15) is 0 Å². The van der Waals surface area contributed by atoms with Crippen molar-refractivity contribution in [1.29, 1.82) is 0 Å². The van der Waals surface area contributed by atoms with Crippen molar-refractivity contribution in [3.8, 4) is 0 Å². The van der Waals surface area contributed by atoms with Crippen LogP contribution in [0.1, 0.15) is 18.9 Å². The molecule has 1 aromatic carbocycles. The molecule has 20 heavy (non-hydrogen) atoms. The van der Waals surface area contributed by atoms with Crippen molar-refractivity contribution in [1.82, 2.24) is 5.32 Å². The Bertz CT molecular complexity index is 460. The number of carbonyl (C=O) groups is 1. The van der Waals surface area contributed by atoms with Crippen LogP contribution in [-0.2, 0) is 4.74 Å². The average molecular weight is 345 g/mol. The van der Waals surface area contributed by atoms with Gasteiger partial charge in [0.25, 0.3) is 0 Å². The van der Waals surface area contributed by atoms with Gasteiger partial charge in [0.15, 0.2) is 0 Å². The number of amides is 2. The summed E-state index contributed by atoms with van der Waals surface area (Å²) in [5.74, 6) is 0. The van der Waals surface area contributed by atoms with Crippen LogP contribution in [0.15, 0.2) is 22.7 Å². The summed E-state index contributed by atoms with van der Waals surface area (Å²) < 4.78 is 6.03. The Morgan fingerprint density at radius 3 is 2.80 bits per heavy atom. The molecule has 5 nitrogen and oxygen atoms in total. The number of ether oxygens (including phenoxy) is 1. The number of benzene rings is 1. The minimum absolute atomic E-state index is 0.0178. The van der Waals surface area contributed by atoms with Gasteiger partial charge in [0, 0.05) is 23.9 Å². The lowest BCUT2D eigenvalue weighted by molar-refractivity contribution is 0.104. The zero-order valence-corrected chi connectivity index (χ0v) is 13.6. The highest BCUT2D eigenvalue weighted by molar-refractivity contribution is 9.10. The molecule has 0 bridgehead atoms. The SMILES string of the molecule is COCC(C)(CCO)NC(=O)Nc1cccc(Br)c1C. The minimum atomic E-state index is -0.604. The molecule has 0 aliphatic carbocycles. The van der Waals surface area contributed by atoms with Crippen molar-refractivity contribution in [3.05, 3.63) is 28.2 Å². The molecule has 0 saturated carbocycles. The molecule has 0 aliphatic heterocycles. The summed E-state index contributed by atoms with van der Waals surface area (Å²) in [6.07, 6.45) is 0.422. The highest BCUT2D eigenvalue weighted by atomic mass is 79.9. The molecule has 0 aliphatic rings. The van der Waals surface area contributed by atoms with Crippen molar-refractivity contribution in [2.24, 2.45) is 0 Å². The summed E-state index contributed by atoms with van der Waals surface area (Å²) >= 11 is 3.42. The summed E-state index contributed by atoms with van der Waals surface area (Å²) in [7, 11) is 1.56. The number of urea groups is 1. The second kappa shape index (κ2) is 7.61. The second-order valence-corrected chi connectivity index (χ2v) is 5.81. The van der Waals surface area contributed by atoms with E-state index in [-0.39, 0.29) is 12.6 Å². The second-order valence-electron chi connectivity index (χ2n) is 4.96. The van der Waals surface area contributed by atoms with Crippen LogP contribution in [0.3, 0.4) is 0 Å². The lowest BCUT2D eigenvalue weighted by atomic mass is 10.00. The van der Waals surface area contributed by atoms with Crippen molar-refractivity contribution in [2.45, 2.75) is 25.8 Å². The first-order chi connectivity index (χ1) is 9.41. The zero-order valence-electron chi connectivity index (χ0n) is 12.0. The maximum Gasteiger partial charge on any atom is 0.319 e. The fourth-order valence-corrected chi connectivity index (χ4v) is 2.27. The monoisotopic (exact) mass is 344 g/mol. The van der Waals surface area contributed by atoms with Crippen molar-refractivity contribution < 1.29 is 14.6 Å². The quantitative estimate of drug-likeness (QED) is 0.742. The van der Waals surface area contributed by atoms with Crippen LogP contribution >= 0.6 is 15.9 Å². The summed E-state index contributed by atoms with van der Waals surface area (Å²) in [6.45, 7) is 4.07. The third-order valence-corrected chi connectivity index (χ3v) is 3.92. The van der Waals surface area contributed by atoms with Gasteiger partial charge in [-0.2, -0.15) is 0 Å². The normalized spacial score (nSPS) is 13.7. The molecule has 3 N–H and O–H groups in total. The van der Waals surface area contributed by atoms with E-state index >= 15 is 0 Å². The third-order valence-electron chi connectivity index (χ3n) is 3.06. The van der Waals surface area contributed by atoms with E-state index in [2.05, 4.69) is 26.6 Å². The Morgan fingerprint density at radius 1 is 1.50 bits per heavy atom. The van der Waals surface area contributed by atoms with Gasteiger partial charge >= 0.3 is 6.03 Å². The largest absolute Gasteiger partial charge is 0.396 e. The van der Waals surface area contributed by atoms with Crippen LogP contribution in [0.25, 0.3) is 0 Å². The predicted molar refractivity (Wildman–Crippen MR) is 83.0 cm³/mol. The standard InChI is InChI=1S/C14H21BrN2O3/c1-10-11(15)5-4-6-12(10)16-13(19)17-14(2,7-8-18)9-20-3/h4-6,18H,7-9H2,1-3H3,(H2,16,17,19). The van der Waals surface area contributed by atoms with Gasteiger partial charge in [0.05, 0.1) is 12.1 Å². The van der Waals surface area contributed by atoms with Gasteiger partial charge in [-0.15, -0.1) is 0 Å². The fourth-order valence-electron chi connectivity index (χ4n) is 1.91. The van der Waals surface area contributed by atoms with E-state index in [1.807, 2.05) is 32.0 Å². The average Bonchev–Trinajstić information content (AvgIpc) is 2.35. The molecule has 0 fully saturated rings. The molecule has 0 heterocycles. The van der Waals surface area contributed by atoms with E-state index in [1.165, 1.54) is 0 Å². The van der Waals surface area contributed by atoms with Gasteiger partial charge < -0.3 is 20.5 Å². The van der Waals surface area contributed by atoms with Crippen molar-refractivity contribution in [2.75, 3.05) is 25.6 Å². The predicted octanol–water partition coefficient (Wildman–Crippen LogP) is 2.67. The third kappa shape index (κ3) is 4.77. The molecule has 6 heteroatoms. The molecule has 2 amide bonds. The zero-order chi connectivity index (χ0) is 15.2. The maximum atomic E-state index is 12.1. The fraction of sp³-hybridized carbons (Fsp3) is 0.500. The highest BCUT2D eigenvalue weighted by Crippen LogP contribution is 2.23. The van der Waals surface area contributed by atoms with Crippen LogP contribution in [0.4, 0.5) is 10.5 Å². The number of nitrogens with one attached hydrogen (secondary N) is 2. The molecule has 1 atom stereocenters. The number of rotatable bonds is 6. The van der Waals surface area contributed by atoms with Crippen molar-refractivity contribution >= 4 is 27.6 Å². The van der Waals surface area contributed by atoms with E-state index < -0.39 is 5.54 Å². The van der Waals surface area contributed by atoms with E-state index in [4.69, 9.17) is 9.84 Å². The smallest absolute Gasteiger partial charge is 0.319 e. The molecular formula is C14H21BrN2O3. The van der Waals surface area contributed by atoms with Gasteiger partial charge in [-0.05, 0) is 38.0 Å². The van der Waals surface area contributed by atoms with Crippen LogP contribution in [0, 0.1) is 6.92 Å². The number of hydrogen-bond acceptors (Lipinski definition) is 3. The highest BCUT2D eigenvalue weighted by Gasteiger charge is 2.26. The Hall–Kier alpha value is -1.11. The molecule has 0 saturated heterocycles. The Labute approximate surface area is 127 Å². The maximum absolute atomic E-state index is 12.1. The van der Waals surface area contributed by atoms with Gasteiger partial charge in [-0.1, -0.05) is 22.0 Å². The molecule has 0 spiro atoms. The molecule has 1 aromatic rings. The van der Waals surface area contributed by atoms with Crippen LogP contribution in [0.5, 0.6) is 0 Å². The molecule has 0 aromatic heterocycles. The lowest BCUT2D eigenvalue weighted by Crippen LogP contribution is -2.51. The van der Waals surface area contributed by atoms with E-state index in [0.717, 1.165) is 15.7 Å². The number of carbonyl (C=O) groups excluding carboxylic acids is 1. The van der Waals surface area contributed by atoms with E-state index in [1.54, 1.807) is 7.11 Å². The Morgan fingerprint density at radius 2 is 2.20 bits per heavy atom. The van der Waals surface area contributed by atoms with Crippen LogP contribution in [0.2, 0.25) is 0 Å². The molecular weight excluding hydrogens is 324 g/mol. The minimum Gasteiger partial charge on any atom is -0.396 e. The van der Waals surface area contributed by atoms with E-state index in [9.17, 15) is 4.79 Å². The van der Waals surface area contributed by atoms with Crippen LogP contribution < -0.4 is 10.6 Å². The number of aliphatic hydroxyl groups is 1. The number of halogens is 1.